The lowest BCUT2D eigenvalue weighted by Gasteiger charge is -2.13. The van der Waals surface area contributed by atoms with Gasteiger partial charge in [-0.2, -0.15) is 5.10 Å². The van der Waals surface area contributed by atoms with Gasteiger partial charge in [0.05, 0.1) is 17.2 Å². The first kappa shape index (κ1) is 24.9. The Balaban J connectivity index is 0.00000420. The number of halogens is 1. The summed E-state index contributed by atoms with van der Waals surface area (Å²) in [7, 11) is 0. The molecule has 2 N–H and O–H groups in total. The van der Waals surface area contributed by atoms with Crippen molar-refractivity contribution < 1.29 is 4.92 Å². The largest absolute Gasteiger partial charge is 0.356 e. The molecular weight excluding hydrogens is 483 g/mol. The second-order valence-corrected chi connectivity index (χ2v) is 6.80. The van der Waals surface area contributed by atoms with E-state index >= 15 is 0 Å². The van der Waals surface area contributed by atoms with Crippen molar-refractivity contribution in [1.29, 1.82) is 0 Å². The quantitative estimate of drug-likeness (QED) is 0.125. The predicted molar refractivity (Wildman–Crippen MR) is 127 cm³/mol. The van der Waals surface area contributed by atoms with Gasteiger partial charge in [0.2, 0.25) is 0 Å². The maximum absolute atomic E-state index is 10.7. The molecule has 0 aliphatic carbocycles. The molecule has 29 heavy (non-hydrogen) atoms. The number of hydrogen-bond acceptors (Lipinski definition) is 4. The van der Waals surface area contributed by atoms with Crippen molar-refractivity contribution in [2.45, 2.75) is 53.1 Å². The molecule has 1 aromatic carbocycles. The molecule has 2 rings (SSSR count). The average molecular weight is 514 g/mol. The van der Waals surface area contributed by atoms with Gasteiger partial charge in [-0.15, -0.1) is 24.0 Å². The topological polar surface area (TPSA) is 97.4 Å². The Kier molecular flexibility index (Phi) is 11.3. The van der Waals surface area contributed by atoms with Crippen LogP contribution in [0.1, 0.15) is 43.1 Å². The van der Waals surface area contributed by atoms with Gasteiger partial charge in [-0.25, -0.2) is 4.99 Å². The van der Waals surface area contributed by atoms with Crippen molar-refractivity contribution in [3.63, 3.8) is 0 Å². The van der Waals surface area contributed by atoms with Crippen molar-refractivity contribution in [2.75, 3.05) is 13.1 Å². The third kappa shape index (κ3) is 8.80. The molecule has 0 saturated heterocycles. The Bertz CT molecular complexity index is 789. The van der Waals surface area contributed by atoms with Crippen molar-refractivity contribution in [2.24, 2.45) is 4.99 Å². The minimum absolute atomic E-state index is 0. The van der Waals surface area contributed by atoms with E-state index in [0.29, 0.717) is 6.54 Å². The van der Waals surface area contributed by atoms with Crippen molar-refractivity contribution in [3.8, 4) is 0 Å². The van der Waals surface area contributed by atoms with Gasteiger partial charge >= 0.3 is 0 Å². The van der Waals surface area contributed by atoms with E-state index in [-0.39, 0.29) is 29.7 Å². The summed E-state index contributed by atoms with van der Waals surface area (Å²) in [6.07, 6.45) is 3.12. The van der Waals surface area contributed by atoms with E-state index < -0.39 is 4.92 Å². The number of aliphatic imine (C=N–C) groups is 1. The fraction of sp³-hybridized carbons (Fsp3) is 0.500. The molecule has 160 valence electrons. The van der Waals surface area contributed by atoms with Crippen LogP contribution < -0.4 is 10.6 Å². The molecule has 0 bridgehead atoms. The third-order valence-corrected chi connectivity index (χ3v) is 4.33. The highest BCUT2D eigenvalue weighted by Gasteiger charge is 2.05. The van der Waals surface area contributed by atoms with Crippen LogP contribution in [0.5, 0.6) is 0 Å². The van der Waals surface area contributed by atoms with E-state index in [2.05, 4.69) is 40.6 Å². The number of unbranched alkanes of at least 4 members (excludes halogenated alkanes) is 1. The SMILES string of the molecule is CCCCNC(=NCc1ccc([N+](=O)[O-])cc1)NCCCn1nc(C)cc1C.I. The Morgan fingerprint density at radius 2 is 1.83 bits per heavy atom. The van der Waals surface area contributed by atoms with Gasteiger partial charge in [-0.3, -0.25) is 14.8 Å². The number of aromatic nitrogens is 2. The van der Waals surface area contributed by atoms with Gasteiger partial charge in [0, 0.05) is 37.5 Å². The van der Waals surface area contributed by atoms with E-state index in [1.165, 1.54) is 17.8 Å². The fourth-order valence-corrected chi connectivity index (χ4v) is 2.79. The Morgan fingerprint density at radius 3 is 2.38 bits per heavy atom. The molecule has 0 amide bonds. The molecule has 0 atom stereocenters. The molecule has 9 heteroatoms. The molecule has 0 fully saturated rings. The van der Waals surface area contributed by atoms with Gasteiger partial charge in [-0.05, 0) is 38.3 Å². The van der Waals surface area contributed by atoms with Gasteiger partial charge in [0.1, 0.15) is 0 Å². The molecule has 0 radical (unpaired) electrons. The maximum atomic E-state index is 10.7. The van der Waals surface area contributed by atoms with Crippen molar-refractivity contribution in [3.05, 3.63) is 57.4 Å². The summed E-state index contributed by atoms with van der Waals surface area (Å²) in [4.78, 5) is 15.0. The molecule has 8 nitrogen and oxygen atoms in total. The van der Waals surface area contributed by atoms with Gasteiger partial charge < -0.3 is 10.6 Å². The van der Waals surface area contributed by atoms with Crippen LogP contribution in [0.25, 0.3) is 0 Å². The predicted octanol–water partition coefficient (Wildman–Crippen LogP) is 3.95. The van der Waals surface area contributed by atoms with Crippen LogP contribution in [0.2, 0.25) is 0 Å². The smallest absolute Gasteiger partial charge is 0.269 e. The minimum atomic E-state index is -0.394. The number of aryl methyl sites for hydroxylation is 3. The number of non-ortho nitro benzene ring substituents is 1. The van der Waals surface area contributed by atoms with E-state index in [1.54, 1.807) is 12.1 Å². The summed E-state index contributed by atoms with van der Waals surface area (Å²) in [5.74, 6) is 0.764. The third-order valence-electron chi connectivity index (χ3n) is 4.33. The van der Waals surface area contributed by atoms with E-state index in [4.69, 9.17) is 0 Å². The van der Waals surface area contributed by atoms with Gasteiger partial charge in [-0.1, -0.05) is 25.5 Å². The zero-order chi connectivity index (χ0) is 20.4. The zero-order valence-corrected chi connectivity index (χ0v) is 19.7. The van der Waals surface area contributed by atoms with E-state index in [0.717, 1.165) is 56.1 Å². The van der Waals surface area contributed by atoms with Crippen molar-refractivity contribution in [1.82, 2.24) is 20.4 Å². The number of benzene rings is 1. The Morgan fingerprint density at radius 1 is 1.17 bits per heavy atom. The normalized spacial score (nSPS) is 11.1. The number of rotatable bonds is 10. The number of nitrogens with zero attached hydrogens (tertiary/aromatic N) is 4. The molecular formula is C20H31IN6O2. The van der Waals surface area contributed by atoms with Crippen LogP contribution in [-0.2, 0) is 13.1 Å². The second kappa shape index (κ2) is 13.1. The number of nitro groups is 1. The first-order valence-corrected chi connectivity index (χ1v) is 9.76. The molecule has 0 aliphatic rings. The highest BCUT2D eigenvalue weighted by Crippen LogP contribution is 2.12. The van der Waals surface area contributed by atoms with Crippen LogP contribution in [0, 0.1) is 24.0 Å². The van der Waals surface area contributed by atoms with Crippen LogP contribution in [-0.4, -0.2) is 33.8 Å². The number of guanidine groups is 1. The average Bonchev–Trinajstić information content (AvgIpc) is 3.00. The molecule has 1 heterocycles. The lowest BCUT2D eigenvalue weighted by molar-refractivity contribution is -0.384. The molecule has 0 unspecified atom stereocenters. The zero-order valence-electron chi connectivity index (χ0n) is 17.4. The first-order chi connectivity index (χ1) is 13.5. The highest BCUT2D eigenvalue weighted by atomic mass is 127. The number of hydrogen-bond donors (Lipinski definition) is 2. The standard InChI is InChI=1S/C20H30N6O2.HI/c1-4-5-11-21-20(22-12-6-13-25-17(3)14-16(2)24-25)23-15-18-7-9-19(10-8-18)26(27)28;/h7-10,14H,4-6,11-13,15H2,1-3H3,(H2,21,22,23);1H. The summed E-state index contributed by atoms with van der Waals surface area (Å²) in [6.45, 7) is 9.20. The fourth-order valence-electron chi connectivity index (χ4n) is 2.79. The Hall–Kier alpha value is -2.17. The lowest BCUT2D eigenvalue weighted by atomic mass is 10.2. The van der Waals surface area contributed by atoms with E-state index in [1.807, 2.05) is 11.6 Å². The van der Waals surface area contributed by atoms with Crippen LogP contribution in [0.4, 0.5) is 5.69 Å². The minimum Gasteiger partial charge on any atom is -0.356 e. The summed E-state index contributed by atoms with van der Waals surface area (Å²) in [5, 5.41) is 21.9. The summed E-state index contributed by atoms with van der Waals surface area (Å²) >= 11 is 0. The molecule has 0 spiro atoms. The number of nitro benzene ring substituents is 1. The maximum Gasteiger partial charge on any atom is 0.269 e. The Labute approximate surface area is 189 Å². The van der Waals surface area contributed by atoms with Crippen LogP contribution in [0.3, 0.4) is 0 Å². The van der Waals surface area contributed by atoms with Crippen LogP contribution >= 0.6 is 24.0 Å². The van der Waals surface area contributed by atoms with E-state index in [9.17, 15) is 10.1 Å². The summed E-state index contributed by atoms with van der Waals surface area (Å²) in [5.41, 5.74) is 3.24. The number of nitrogens with one attached hydrogen (secondary N) is 2. The second-order valence-electron chi connectivity index (χ2n) is 6.80. The van der Waals surface area contributed by atoms with Crippen molar-refractivity contribution >= 4 is 35.6 Å². The summed E-state index contributed by atoms with van der Waals surface area (Å²) < 4.78 is 2.02. The summed E-state index contributed by atoms with van der Waals surface area (Å²) in [6, 6.07) is 8.59. The van der Waals surface area contributed by atoms with Crippen LogP contribution in [0.15, 0.2) is 35.3 Å². The monoisotopic (exact) mass is 514 g/mol. The molecule has 0 saturated carbocycles. The van der Waals surface area contributed by atoms with Gasteiger partial charge in [0.15, 0.2) is 5.96 Å². The molecule has 2 aromatic rings. The molecule has 0 aliphatic heterocycles. The lowest BCUT2D eigenvalue weighted by Crippen LogP contribution is -2.38. The highest BCUT2D eigenvalue weighted by molar-refractivity contribution is 14.0. The van der Waals surface area contributed by atoms with Gasteiger partial charge in [0.25, 0.3) is 5.69 Å². The first-order valence-electron chi connectivity index (χ1n) is 9.76. The molecule has 1 aromatic heterocycles.